The lowest BCUT2D eigenvalue weighted by atomic mass is 10.1. The molecule has 1 N–H and O–H groups in total. The van der Waals surface area contributed by atoms with E-state index in [2.05, 4.69) is 5.32 Å². The SMILES string of the molecule is CCCCNC(=O)[C@H](C)N(Cc1ccccc1C)C(=O)CN(c1ccc(C)cc1C)S(=O)(=O)c1ccc(C)cc1. The topological polar surface area (TPSA) is 86.8 Å². The van der Waals surface area contributed by atoms with Crippen molar-refractivity contribution in [1.82, 2.24) is 10.2 Å². The highest BCUT2D eigenvalue weighted by atomic mass is 32.2. The average Bonchev–Trinajstić information content (AvgIpc) is 2.91. The fourth-order valence-electron chi connectivity index (χ4n) is 4.53. The average molecular weight is 564 g/mol. The molecule has 0 saturated heterocycles. The van der Waals surface area contributed by atoms with Gasteiger partial charge in [0.15, 0.2) is 0 Å². The number of aryl methyl sites for hydroxylation is 4. The number of nitrogens with zero attached hydrogens (tertiary/aromatic N) is 2. The van der Waals surface area contributed by atoms with Gasteiger partial charge >= 0.3 is 0 Å². The van der Waals surface area contributed by atoms with Crippen LogP contribution in [0, 0.1) is 27.7 Å². The third-order valence-corrected chi connectivity index (χ3v) is 8.88. The number of hydrogen-bond acceptors (Lipinski definition) is 4. The van der Waals surface area contributed by atoms with Crippen molar-refractivity contribution in [3.8, 4) is 0 Å². The van der Waals surface area contributed by atoms with E-state index in [4.69, 9.17) is 0 Å². The van der Waals surface area contributed by atoms with E-state index in [9.17, 15) is 18.0 Å². The molecular weight excluding hydrogens is 522 g/mol. The molecule has 3 rings (SSSR count). The maximum Gasteiger partial charge on any atom is 0.264 e. The highest BCUT2D eigenvalue weighted by molar-refractivity contribution is 7.92. The predicted octanol–water partition coefficient (Wildman–Crippen LogP) is 5.45. The van der Waals surface area contributed by atoms with Crippen LogP contribution in [0.25, 0.3) is 0 Å². The Morgan fingerprint density at radius 1 is 0.875 bits per heavy atom. The zero-order valence-electron chi connectivity index (χ0n) is 24.4. The minimum atomic E-state index is -4.09. The number of rotatable bonds is 12. The summed E-state index contributed by atoms with van der Waals surface area (Å²) in [6.45, 7) is 11.6. The summed E-state index contributed by atoms with van der Waals surface area (Å²) in [6, 6.07) is 18.9. The van der Waals surface area contributed by atoms with Crippen LogP contribution >= 0.6 is 0 Å². The van der Waals surface area contributed by atoms with E-state index in [1.165, 1.54) is 9.21 Å². The van der Waals surface area contributed by atoms with Gasteiger partial charge in [-0.2, -0.15) is 0 Å². The van der Waals surface area contributed by atoms with Gasteiger partial charge in [-0.3, -0.25) is 13.9 Å². The van der Waals surface area contributed by atoms with Gasteiger partial charge in [0.1, 0.15) is 12.6 Å². The minimum absolute atomic E-state index is 0.0988. The van der Waals surface area contributed by atoms with E-state index in [-0.39, 0.29) is 17.3 Å². The van der Waals surface area contributed by atoms with Gasteiger partial charge in [-0.05, 0) is 75.9 Å². The van der Waals surface area contributed by atoms with Crippen LogP contribution in [0.4, 0.5) is 5.69 Å². The Labute approximate surface area is 239 Å². The van der Waals surface area contributed by atoms with Crippen molar-refractivity contribution in [3.63, 3.8) is 0 Å². The first-order valence-electron chi connectivity index (χ1n) is 13.7. The Kier molecular flexibility index (Phi) is 10.5. The Balaban J connectivity index is 2.04. The molecular formula is C32H41N3O4S. The van der Waals surface area contributed by atoms with Crippen LogP contribution in [-0.4, -0.2) is 44.3 Å². The normalized spacial score (nSPS) is 12.1. The Morgan fingerprint density at radius 3 is 2.15 bits per heavy atom. The number of anilines is 1. The molecule has 3 aromatic rings. The Morgan fingerprint density at radius 2 is 1.52 bits per heavy atom. The molecule has 0 saturated carbocycles. The third kappa shape index (κ3) is 7.50. The number of amides is 2. The monoisotopic (exact) mass is 563 g/mol. The first-order chi connectivity index (χ1) is 18.9. The summed E-state index contributed by atoms with van der Waals surface area (Å²) in [5.41, 5.74) is 4.95. The van der Waals surface area contributed by atoms with Gasteiger partial charge in [-0.1, -0.05) is 73.0 Å². The molecule has 0 aromatic heterocycles. The van der Waals surface area contributed by atoms with Crippen molar-refractivity contribution in [2.75, 3.05) is 17.4 Å². The van der Waals surface area contributed by atoms with Gasteiger partial charge < -0.3 is 10.2 Å². The summed E-state index contributed by atoms with van der Waals surface area (Å²) in [7, 11) is -4.09. The lowest BCUT2D eigenvalue weighted by Crippen LogP contribution is -2.51. The van der Waals surface area contributed by atoms with Crippen LogP contribution in [0.1, 0.15) is 54.5 Å². The zero-order valence-corrected chi connectivity index (χ0v) is 25.2. The van der Waals surface area contributed by atoms with Gasteiger partial charge in [0, 0.05) is 13.1 Å². The predicted molar refractivity (Wildman–Crippen MR) is 161 cm³/mol. The van der Waals surface area contributed by atoms with Crippen molar-refractivity contribution in [2.24, 2.45) is 0 Å². The van der Waals surface area contributed by atoms with E-state index < -0.39 is 28.5 Å². The minimum Gasteiger partial charge on any atom is -0.354 e. The van der Waals surface area contributed by atoms with Crippen LogP contribution in [0.2, 0.25) is 0 Å². The fourth-order valence-corrected chi connectivity index (χ4v) is 6.00. The molecule has 1 atom stereocenters. The van der Waals surface area contributed by atoms with E-state index in [1.807, 2.05) is 71.0 Å². The molecule has 0 heterocycles. The number of hydrogen-bond donors (Lipinski definition) is 1. The van der Waals surface area contributed by atoms with E-state index >= 15 is 0 Å². The summed E-state index contributed by atoms with van der Waals surface area (Å²) in [6.07, 6.45) is 1.77. The third-order valence-electron chi connectivity index (χ3n) is 7.11. The lowest BCUT2D eigenvalue weighted by molar-refractivity contribution is -0.139. The largest absolute Gasteiger partial charge is 0.354 e. The number of benzene rings is 3. The van der Waals surface area contributed by atoms with Crippen LogP contribution in [-0.2, 0) is 26.2 Å². The van der Waals surface area contributed by atoms with Crippen LogP contribution in [0.15, 0.2) is 71.6 Å². The molecule has 0 unspecified atom stereocenters. The zero-order chi connectivity index (χ0) is 29.4. The summed E-state index contributed by atoms with van der Waals surface area (Å²) in [5.74, 6) is -0.730. The highest BCUT2D eigenvalue weighted by Gasteiger charge is 2.33. The lowest BCUT2D eigenvalue weighted by Gasteiger charge is -2.32. The maximum absolute atomic E-state index is 14.1. The molecule has 3 aromatic carbocycles. The number of unbranched alkanes of at least 4 members (excludes halogenated alkanes) is 1. The highest BCUT2D eigenvalue weighted by Crippen LogP contribution is 2.28. The summed E-state index contributed by atoms with van der Waals surface area (Å²) in [4.78, 5) is 28.7. The van der Waals surface area contributed by atoms with E-state index in [0.29, 0.717) is 12.2 Å². The second-order valence-corrected chi connectivity index (χ2v) is 12.2. The standard InChI is InChI=1S/C32H41N3O4S/c1-7-8-19-33-32(37)27(6)34(21-28-12-10-9-11-25(28)4)31(36)22-35(30-18-15-24(3)20-26(30)5)40(38,39)29-16-13-23(2)14-17-29/h9-18,20,27H,7-8,19,21-22H2,1-6H3,(H,33,37)/t27-/m0/s1. The van der Waals surface area contributed by atoms with Crippen molar-refractivity contribution in [3.05, 3.63) is 94.5 Å². The van der Waals surface area contributed by atoms with Crippen molar-refractivity contribution in [2.45, 2.75) is 71.9 Å². The van der Waals surface area contributed by atoms with Crippen LogP contribution in [0.3, 0.4) is 0 Å². The molecule has 40 heavy (non-hydrogen) atoms. The smallest absolute Gasteiger partial charge is 0.264 e. The molecule has 7 nitrogen and oxygen atoms in total. The van der Waals surface area contributed by atoms with Gasteiger partial charge in [-0.15, -0.1) is 0 Å². The molecule has 0 fully saturated rings. The molecule has 0 spiro atoms. The molecule has 214 valence electrons. The van der Waals surface area contributed by atoms with Crippen molar-refractivity contribution in [1.29, 1.82) is 0 Å². The van der Waals surface area contributed by atoms with Gasteiger partial charge in [-0.25, -0.2) is 8.42 Å². The Bertz CT molecular complexity index is 1430. The first-order valence-corrected chi connectivity index (χ1v) is 15.2. The number of carbonyl (C=O) groups excluding carboxylic acids is 2. The fraction of sp³-hybridized carbons (Fsp3) is 0.375. The van der Waals surface area contributed by atoms with E-state index in [1.54, 1.807) is 37.3 Å². The number of nitrogens with one attached hydrogen (secondary N) is 1. The summed E-state index contributed by atoms with van der Waals surface area (Å²) in [5, 5.41) is 2.92. The summed E-state index contributed by atoms with van der Waals surface area (Å²) < 4.78 is 29.2. The molecule has 0 radical (unpaired) electrons. The second-order valence-electron chi connectivity index (χ2n) is 10.4. The molecule has 0 bridgehead atoms. The Hall–Kier alpha value is -3.65. The molecule has 0 aliphatic carbocycles. The molecule has 0 aliphatic heterocycles. The number of carbonyl (C=O) groups is 2. The van der Waals surface area contributed by atoms with E-state index in [0.717, 1.165) is 40.7 Å². The van der Waals surface area contributed by atoms with Gasteiger partial charge in [0.05, 0.1) is 10.6 Å². The van der Waals surface area contributed by atoms with Crippen molar-refractivity contribution < 1.29 is 18.0 Å². The van der Waals surface area contributed by atoms with Gasteiger partial charge in [0.25, 0.3) is 10.0 Å². The maximum atomic E-state index is 14.1. The van der Waals surface area contributed by atoms with Crippen LogP contribution in [0.5, 0.6) is 0 Å². The number of sulfonamides is 1. The molecule has 2 amide bonds. The van der Waals surface area contributed by atoms with Crippen LogP contribution < -0.4 is 9.62 Å². The quantitative estimate of drug-likeness (QED) is 0.297. The first kappa shape index (κ1) is 30.9. The molecule has 8 heteroatoms. The summed E-state index contributed by atoms with van der Waals surface area (Å²) >= 11 is 0. The van der Waals surface area contributed by atoms with Crippen molar-refractivity contribution >= 4 is 27.5 Å². The molecule has 0 aliphatic rings. The second kappa shape index (κ2) is 13.6. The van der Waals surface area contributed by atoms with Gasteiger partial charge in [0.2, 0.25) is 11.8 Å².